The van der Waals surface area contributed by atoms with E-state index < -0.39 is 6.10 Å². The van der Waals surface area contributed by atoms with Crippen molar-refractivity contribution in [1.29, 1.82) is 0 Å². The van der Waals surface area contributed by atoms with Crippen molar-refractivity contribution in [2.75, 3.05) is 0 Å². The molecule has 0 aliphatic heterocycles. The molecule has 0 aromatic carbocycles. The maximum Gasteiger partial charge on any atom is 0.229 e. The van der Waals surface area contributed by atoms with E-state index in [0.29, 0.717) is 18.1 Å². The summed E-state index contributed by atoms with van der Waals surface area (Å²) < 4.78 is 5.14. The van der Waals surface area contributed by atoms with Gasteiger partial charge in [-0.15, -0.1) is 0 Å². The third kappa shape index (κ3) is 3.30. The van der Waals surface area contributed by atoms with Gasteiger partial charge >= 0.3 is 0 Å². The van der Waals surface area contributed by atoms with E-state index in [2.05, 4.69) is 10.1 Å². The molecule has 0 saturated carbocycles. The predicted octanol–water partition coefficient (Wildman–Crippen LogP) is 2.32. The highest BCUT2D eigenvalue weighted by Gasteiger charge is 2.26. The number of aromatic nitrogens is 2. The summed E-state index contributed by atoms with van der Waals surface area (Å²) in [4.78, 5) is 4.30. The maximum absolute atomic E-state index is 9.92. The predicted molar refractivity (Wildman–Crippen MR) is 62.2 cm³/mol. The molecule has 1 aromatic rings. The first-order chi connectivity index (χ1) is 7.10. The Bertz CT molecular complexity index is 345. The first-order valence-corrected chi connectivity index (χ1v) is 5.62. The SMILES string of the molecule is CC(C)(C)c1noc(CC(O)C(C)(C)C)n1. The van der Waals surface area contributed by atoms with Crippen LogP contribution in [0, 0.1) is 5.41 Å². The lowest BCUT2D eigenvalue weighted by atomic mass is 9.87. The molecule has 0 aliphatic rings. The molecule has 1 rings (SSSR count). The van der Waals surface area contributed by atoms with Crippen molar-refractivity contribution in [2.45, 2.75) is 59.5 Å². The van der Waals surface area contributed by atoms with Crippen LogP contribution in [0.3, 0.4) is 0 Å². The van der Waals surface area contributed by atoms with E-state index in [1.165, 1.54) is 0 Å². The lowest BCUT2D eigenvalue weighted by Crippen LogP contribution is -2.28. The van der Waals surface area contributed by atoms with Gasteiger partial charge in [0.05, 0.1) is 12.5 Å². The van der Waals surface area contributed by atoms with Crippen LogP contribution in [0.15, 0.2) is 4.52 Å². The van der Waals surface area contributed by atoms with Gasteiger partial charge in [-0.05, 0) is 5.41 Å². The van der Waals surface area contributed by atoms with Crippen LogP contribution in [0.4, 0.5) is 0 Å². The Morgan fingerprint density at radius 1 is 1.19 bits per heavy atom. The molecule has 1 N–H and O–H groups in total. The van der Waals surface area contributed by atoms with Crippen LogP contribution in [0.1, 0.15) is 53.3 Å². The number of rotatable bonds is 2. The van der Waals surface area contributed by atoms with Gasteiger partial charge in [-0.1, -0.05) is 46.7 Å². The van der Waals surface area contributed by atoms with Crippen LogP contribution in [-0.2, 0) is 11.8 Å². The molecular weight excluding hydrogens is 204 g/mol. The molecule has 0 aliphatic carbocycles. The van der Waals surface area contributed by atoms with Crippen molar-refractivity contribution >= 4 is 0 Å². The zero-order valence-electron chi connectivity index (χ0n) is 11.0. The Balaban J connectivity index is 2.74. The van der Waals surface area contributed by atoms with E-state index in [0.717, 1.165) is 0 Å². The highest BCUT2D eigenvalue weighted by atomic mass is 16.5. The minimum atomic E-state index is -0.472. The topological polar surface area (TPSA) is 59.2 Å². The summed E-state index contributed by atoms with van der Waals surface area (Å²) in [6.07, 6.45) is -0.0622. The largest absolute Gasteiger partial charge is 0.392 e. The first-order valence-electron chi connectivity index (χ1n) is 5.62. The average Bonchev–Trinajstić information content (AvgIpc) is 2.49. The minimum Gasteiger partial charge on any atom is -0.392 e. The quantitative estimate of drug-likeness (QED) is 0.840. The summed E-state index contributed by atoms with van der Waals surface area (Å²) >= 11 is 0. The van der Waals surface area contributed by atoms with Gasteiger partial charge in [0, 0.05) is 5.41 Å². The highest BCUT2D eigenvalue weighted by Crippen LogP contribution is 2.23. The highest BCUT2D eigenvalue weighted by molar-refractivity contribution is 5.00. The van der Waals surface area contributed by atoms with E-state index in [-0.39, 0.29) is 10.8 Å². The standard InChI is InChI=1S/C12H22N2O2/c1-11(2,3)8(15)7-9-13-10(14-16-9)12(4,5)6/h8,15H,7H2,1-6H3. The Morgan fingerprint density at radius 2 is 1.75 bits per heavy atom. The summed E-state index contributed by atoms with van der Waals surface area (Å²) in [5.41, 5.74) is -0.287. The summed E-state index contributed by atoms with van der Waals surface area (Å²) in [7, 11) is 0. The molecule has 16 heavy (non-hydrogen) atoms. The number of aliphatic hydroxyl groups excluding tert-OH is 1. The molecule has 0 bridgehead atoms. The molecule has 0 fully saturated rings. The molecule has 0 saturated heterocycles. The molecule has 4 heteroatoms. The molecular formula is C12H22N2O2. The molecule has 1 unspecified atom stereocenters. The Kier molecular flexibility index (Phi) is 3.43. The monoisotopic (exact) mass is 226 g/mol. The molecule has 1 aromatic heterocycles. The summed E-state index contributed by atoms with van der Waals surface area (Å²) in [6.45, 7) is 12.0. The molecule has 92 valence electrons. The van der Waals surface area contributed by atoms with Crippen LogP contribution in [0.2, 0.25) is 0 Å². The Hall–Kier alpha value is -0.900. The third-order valence-corrected chi connectivity index (χ3v) is 2.51. The van der Waals surface area contributed by atoms with Crippen LogP contribution in [0.5, 0.6) is 0 Å². The fourth-order valence-electron chi connectivity index (χ4n) is 1.11. The van der Waals surface area contributed by atoms with Gasteiger partial charge in [0.25, 0.3) is 0 Å². The van der Waals surface area contributed by atoms with Crippen molar-refractivity contribution in [3.8, 4) is 0 Å². The second-order valence-electron chi connectivity index (χ2n) is 6.35. The summed E-state index contributed by atoms with van der Waals surface area (Å²) in [5.74, 6) is 1.19. The first kappa shape index (κ1) is 13.2. The van der Waals surface area contributed by atoms with Gasteiger partial charge in [-0.3, -0.25) is 0 Å². The zero-order chi connectivity index (χ0) is 12.6. The molecule has 4 nitrogen and oxygen atoms in total. The van der Waals surface area contributed by atoms with E-state index >= 15 is 0 Å². The van der Waals surface area contributed by atoms with Gasteiger partial charge in [0.2, 0.25) is 5.89 Å². The number of aliphatic hydroxyl groups is 1. The summed E-state index contributed by atoms with van der Waals surface area (Å²) in [5, 5.41) is 13.8. The Labute approximate surface area is 97.1 Å². The van der Waals surface area contributed by atoms with Crippen molar-refractivity contribution in [1.82, 2.24) is 10.1 Å². The smallest absolute Gasteiger partial charge is 0.229 e. The van der Waals surface area contributed by atoms with Crippen LogP contribution in [0.25, 0.3) is 0 Å². The molecule has 1 atom stereocenters. The summed E-state index contributed by atoms with van der Waals surface area (Å²) in [6, 6.07) is 0. The van der Waals surface area contributed by atoms with E-state index in [4.69, 9.17) is 4.52 Å². The van der Waals surface area contributed by atoms with Gasteiger partial charge in [0.1, 0.15) is 0 Å². The van der Waals surface area contributed by atoms with E-state index in [1.54, 1.807) is 0 Å². The third-order valence-electron chi connectivity index (χ3n) is 2.51. The number of nitrogens with zero attached hydrogens (tertiary/aromatic N) is 2. The van der Waals surface area contributed by atoms with Crippen molar-refractivity contribution in [3.63, 3.8) is 0 Å². The van der Waals surface area contributed by atoms with Crippen LogP contribution >= 0.6 is 0 Å². The lowest BCUT2D eigenvalue weighted by Gasteiger charge is -2.24. The molecule has 0 radical (unpaired) electrons. The van der Waals surface area contributed by atoms with Crippen LogP contribution in [-0.4, -0.2) is 21.4 Å². The average molecular weight is 226 g/mol. The van der Waals surface area contributed by atoms with E-state index in [1.807, 2.05) is 41.5 Å². The fraction of sp³-hybridized carbons (Fsp3) is 0.833. The second kappa shape index (κ2) is 4.17. The minimum absolute atomic E-state index is 0.117. The fourth-order valence-corrected chi connectivity index (χ4v) is 1.11. The van der Waals surface area contributed by atoms with Crippen molar-refractivity contribution in [3.05, 3.63) is 11.7 Å². The molecule has 1 heterocycles. The van der Waals surface area contributed by atoms with Gasteiger partial charge in [-0.25, -0.2) is 0 Å². The van der Waals surface area contributed by atoms with Crippen LogP contribution < -0.4 is 0 Å². The normalized spacial score (nSPS) is 15.2. The van der Waals surface area contributed by atoms with Crippen molar-refractivity contribution < 1.29 is 9.63 Å². The van der Waals surface area contributed by atoms with Gasteiger partial charge in [-0.2, -0.15) is 4.98 Å². The lowest BCUT2D eigenvalue weighted by molar-refractivity contribution is 0.0565. The Morgan fingerprint density at radius 3 is 2.12 bits per heavy atom. The van der Waals surface area contributed by atoms with Crippen molar-refractivity contribution in [2.24, 2.45) is 5.41 Å². The zero-order valence-corrected chi connectivity index (χ0v) is 11.0. The second-order valence-corrected chi connectivity index (χ2v) is 6.35. The molecule has 0 spiro atoms. The van der Waals surface area contributed by atoms with Gasteiger partial charge in [0.15, 0.2) is 5.82 Å². The number of hydrogen-bond acceptors (Lipinski definition) is 4. The molecule has 0 amide bonds. The van der Waals surface area contributed by atoms with E-state index in [9.17, 15) is 5.11 Å². The number of hydrogen-bond donors (Lipinski definition) is 1. The van der Waals surface area contributed by atoms with Gasteiger partial charge < -0.3 is 9.63 Å². The maximum atomic E-state index is 9.92.